The van der Waals surface area contributed by atoms with E-state index < -0.39 is 10.0 Å². The van der Waals surface area contributed by atoms with E-state index in [4.69, 9.17) is 0 Å². The molecule has 120 valence electrons. The van der Waals surface area contributed by atoms with Crippen LogP contribution in [0.4, 0.5) is 0 Å². The molecule has 0 bridgehead atoms. The zero-order valence-electron chi connectivity index (χ0n) is 12.8. The smallest absolute Gasteiger partial charge is 0.243 e. The van der Waals surface area contributed by atoms with Crippen LogP contribution in [0.1, 0.15) is 25.7 Å². The lowest BCUT2D eigenvalue weighted by Crippen LogP contribution is -2.40. The van der Waals surface area contributed by atoms with E-state index in [-0.39, 0.29) is 17.2 Å². The minimum Gasteiger partial charge on any atom is -0.359 e. The Labute approximate surface area is 131 Å². The first-order valence-corrected chi connectivity index (χ1v) is 9.20. The van der Waals surface area contributed by atoms with E-state index in [1.54, 1.807) is 35.6 Å². The van der Waals surface area contributed by atoms with E-state index in [1.165, 1.54) is 0 Å². The first-order valence-electron chi connectivity index (χ1n) is 7.76. The van der Waals surface area contributed by atoms with Crippen LogP contribution in [0.2, 0.25) is 0 Å². The molecule has 22 heavy (non-hydrogen) atoms. The number of amides is 1. The number of sulfonamides is 1. The number of carbonyl (C=O) groups excluding carboxylic acids is 1. The van der Waals surface area contributed by atoms with Crippen LogP contribution >= 0.6 is 0 Å². The average Bonchev–Trinajstić information content (AvgIpc) is 3.16. The summed E-state index contributed by atoms with van der Waals surface area (Å²) in [5.41, 5.74) is -0.179. The molecule has 1 heterocycles. The van der Waals surface area contributed by atoms with Crippen LogP contribution < -0.4 is 5.32 Å². The Bertz CT molecular complexity index is 659. The van der Waals surface area contributed by atoms with Crippen molar-refractivity contribution >= 4 is 15.9 Å². The van der Waals surface area contributed by atoms with Gasteiger partial charge in [-0.3, -0.25) is 4.79 Å². The molecule has 5 nitrogen and oxygen atoms in total. The molecule has 2 unspecified atom stereocenters. The predicted octanol–water partition coefficient (Wildman–Crippen LogP) is 1.61. The van der Waals surface area contributed by atoms with Crippen molar-refractivity contribution in [2.45, 2.75) is 30.6 Å². The minimum atomic E-state index is -3.46. The molecule has 1 saturated heterocycles. The summed E-state index contributed by atoms with van der Waals surface area (Å²) in [6.07, 6.45) is 3.57. The zero-order chi connectivity index (χ0) is 15.8. The van der Waals surface area contributed by atoms with Crippen molar-refractivity contribution in [3.8, 4) is 0 Å². The van der Waals surface area contributed by atoms with Gasteiger partial charge in [0.1, 0.15) is 0 Å². The van der Waals surface area contributed by atoms with Crippen LogP contribution in [0.25, 0.3) is 0 Å². The van der Waals surface area contributed by atoms with Crippen LogP contribution in [0, 0.1) is 11.3 Å². The van der Waals surface area contributed by atoms with Crippen molar-refractivity contribution in [3.05, 3.63) is 30.3 Å². The topological polar surface area (TPSA) is 66.5 Å². The van der Waals surface area contributed by atoms with E-state index in [0.717, 1.165) is 25.7 Å². The molecule has 0 aromatic heterocycles. The Morgan fingerprint density at radius 2 is 2.00 bits per heavy atom. The Morgan fingerprint density at radius 3 is 2.68 bits per heavy atom. The molecule has 2 fully saturated rings. The Balaban J connectivity index is 1.84. The minimum absolute atomic E-state index is 0.0523. The monoisotopic (exact) mass is 322 g/mol. The summed E-state index contributed by atoms with van der Waals surface area (Å²) in [4.78, 5) is 12.5. The molecular formula is C16H22N2O3S. The van der Waals surface area contributed by atoms with Crippen LogP contribution in [0.3, 0.4) is 0 Å². The zero-order valence-corrected chi connectivity index (χ0v) is 13.6. The highest BCUT2D eigenvalue weighted by Gasteiger charge is 2.52. The molecule has 0 radical (unpaired) electrons. The highest BCUT2D eigenvalue weighted by molar-refractivity contribution is 7.89. The third-order valence-corrected chi connectivity index (χ3v) is 7.06. The summed E-state index contributed by atoms with van der Waals surface area (Å²) in [7, 11) is -1.80. The van der Waals surface area contributed by atoms with E-state index in [0.29, 0.717) is 18.0 Å². The van der Waals surface area contributed by atoms with Gasteiger partial charge in [-0.05, 0) is 36.8 Å². The average molecular weight is 322 g/mol. The van der Waals surface area contributed by atoms with Gasteiger partial charge in [-0.1, -0.05) is 24.6 Å². The SMILES string of the molecule is CNC(=O)C1CCCC12CCN(S(=O)(=O)c1ccccc1)C2. The third kappa shape index (κ3) is 2.44. The first-order chi connectivity index (χ1) is 10.5. The molecule has 1 saturated carbocycles. The van der Waals surface area contributed by atoms with Crippen molar-refractivity contribution < 1.29 is 13.2 Å². The Hall–Kier alpha value is -1.40. The normalized spacial score (nSPS) is 29.0. The summed E-state index contributed by atoms with van der Waals surface area (Å²) >= 11 is 0. The lowest BCUT2D eigenvalue weighted by Gasteiger charge is -2.30. The molecule has 3 rings (SSSR count). The number of nitrogens with one attached hydrogen (secondary N) is 1. The van der Waals surface area contributed by atoms with Crippen molar-refractivity contribution in [1.29, 1.82) is 0 Å². The second kappa shape index (κ2) is 5.66. The molecular weight excluding hydrogens is 300 g/mol. The van der Waals surface area contributed by atoms with E-state index >= 15 is 0 Å². The molecule has 1 N–H and O–H groups in total. The Kier molecular flexibility index (Phi) is 3.99. The maximum absolute atomic E-state index is 12.7. The van der Waals surface area contributed by atoms with Gasteiger partial charge in [-0.25, -0.2) is 8.42 Å². The van der Waals surface area contributed by atoms with Gasteiger partial charge in [-0.2, -0.15) is 4.31 Å². The van der Waals surface area contributed by atoms with Gasteiger partial charge in [0.25, 0.3) is 0 Å². The van der Waals surface area contributed by atoms with Crippen molar-refractivity contribution in [2.75, 3.05) is 20.1 Å². The summed E-state index contributed by atoms with van der Waals surface area (Å²) in [6.45, 7) is 0.965. The fourth-order valence-corrected chi connectivity index (χ4v) is 5.57. The van der Waals surface area contributed by atoms with E-state index in [2.05, 4.69) is 5.32 Å². The van der Waals surface area contributed by atoms with E-state index in [9.17, 15) is 13.2 Å². The summed E-state index contributed by atoms with van der Waals surface area (Å²) in [5.74, 6) is -0.00932. The molecule has 1 amide bonds. The highest BCUT2D eigenvalue weighted by Crippen LogP contribution is 2.50. The quantitative estimate of drug-likeness (QED) is 0.919. The molecule has 2 aliphatic rings. The third-order valence-electron chi connectivity index (χ3n) is 5.20. The number of nitrogens with zero attached hydrogens (tertiary/aromatic N) is 1. The maximum atomic E-state index is 12.7. The lowest BCUT2D eigenvalue weighted by atomic mass is 9.76. The molecule has 6 heteroatoms. The van der Waals surface area contributed by atoms with Crippen LogP contribution in [-0.2, 0) is 14.8 Å². The van der Waals surface area contributed by atoms with Gasteiger partial charge in [0, 0.05) is 26.1 Å². The summed E-state index contributed by atoms with van der Waals surface area (Å²) < 4.78 is 27.1. The maximum Gasteiger partial charge on any atom is 0.243 e. The second-order valence-electron chi connectivity index (χ2n) is 6.32. The molecule has 1 aromatic rings. The highest BCUT2D eigenvalue weighted by atomic mass is 32.2. The van der Waals surface area contributed by atoms with Crippen molar-refractivity contribution in [1.82, 2.24) is 9.62 Å². The largest absolute Gasteiger partial charge is 0.359 e. The van der Waals surface area contributed by atoms with Crippen LogP contribution in [0.15, 0.2) is 35.2 Å². The van der Waals surface area contributed by atoms with Crippen LogP contribution in [0.5, 0.6) is 0 Å². The molecule has 1 aliphatic carbocycles. The first kappa shape index (κ1) is 15.5. The summed E-state index contributed by atoms with van der Waals surface area (Å²) in [6, 6.07) is 8.54. The predicted molar refractivity (Wildman–Crippen MR) is 83.7 cm³/mol. The number of rotatable bonds is 3. The van der Waals surface area contributed by atoms with Gasteiger partial charge < -0.3 is 5.32 Å². The van der Waals surface area contributed by atoms with Crippen molar-refractivity contribution in [2.24, 2.45) is 11.3 Å². The van der Waals surface area contributed by atoms with Crippen LogP contribution in [-0.4, -0.2) is 38.8 Å². The lowest BCUT2D eigenvalue weighted by molar-refractivity contribution is -0.127. The van der Waals surface area contributed by atoms with Gasteiger partial charge in [0.15, 0.2) is 0 Å². The number of benzene rings is 1. The summed E-state index contributed by atoms with van der Waals surface area (Å²) in [5, 5.41) is 2.74. The van der Waals surface area contributed by atoms with Gasteiger partial charge in [0.2, 0.25) is 15.9 Å². The fourth-order valence-electron chi connectivity index (χ4n) is 4.01. The van der Waals surface area contributed by atoms with Gasteiger partial charge in [-0.15, -0.1) is 0 Å². The van der Waals surface area contributed by atoms with Gasteiger partial charge >= 0.3 is 0 Å². The molecule has 2 atom stereocenters. The van der Waals surface area contributed by atoms with Gasteiger partial charge in [0.05, 0.1) is 4.90 Å². The number of hydrogen-bond acceptors (Lipinski definition) is 3. The molecule has 1 aliphatic heterocycles. The standard InChI is InChI=1S/C16H22N2O3S/c1-17-15(19)14-8-5-9-16(14)10-11-18(12-16)22(20,21)13-6-3-2-4-7-13/h2-4,6-7,14H,5,8-12H2,1H3,(H,17,19). The van der Waals surface area contributed by atoms with E-state index in [1.807, 2.05) is 6.07 Å². The fraction of sp³-hybridized carbons (Fsp3) is 0.562. The van der Waals surface area contributed by atoms with Crippen molar-refractivity contribution in [3.63, 3.8) is 0 Å². The molecule has 1 spiro atoms. The Morgan fingerprint density at radius 1 is 1.27 bits per heavy atom. The number of hydrogen-bond donors (Lipinski definition) is 1. The second-order valence-corrected chi connectivity index (χ2v) is 8.26. The molecule has 1 aromatic carbocycles. The number of carbonyl (C=O) groups is 1.